The van der Waals surface area contributed by atoms with Crippen LogP contribution >= 0.6 is 0 Å². The second kappa shape index (κ2) is 11.8. The van der Waals surface area contributed by atoms with Crippen molar-refractivity contribution in [1.29, 1.82) is 0 Å². The standard InChI is InChI=1S/C32H37NO2Si/c1-32(2,3)36(28-20-12-6-13-21-28,29-22-14-7-15-23-29)35-25-30(31(34)27-18-10-5-11-19-27)33-24-26-16-8-4-9-17-26/h4-23,30-31,33-34H,24-25H2,1-3H3/t30-,31-/m1/s1. The molecule has 4 rings (SSSR count). The summed E-state index contributed by atoms with van der Waals surface area (Å²) in [4.78, 5) is 0. The minimum atomic E-state index is -2.72. The van der Waals surface area contributed by atoms with Crippen LogP contribution in [0.25, 0.3) is 0 Å². The molecule has 0 aliphatic carbocycles. The second-order valence-corrected chi connectivity index (χ2v) is 14.6. The number of aliphatic hydroxyl groups excluding tert-OH is 1. The third kappa shape index (κ3) is 5.85. The minimum absolute atomic E-state index is 0.128. The second-order valence-electron chi connectivity index (χ2n) is 10.3. The molecule has 3 nitrogen and oxygen atoms in total. The fraction of sp³-hybridized carbons (Fsp3) is 0.250. The van der Waals surface area contributed by atoms with Crippen LogP contribution in [-0.2, 0) is 11.0 Å². The van der Waals surface area contributed by atoms with Gasteiger partial charge in [-0.1, -0.05) is 142 Å². The maximum atomic E-state index is 11.5. The number of nitrogens with one attached hydrogen (secondary N) is 1. The summed E-state index contributed by atoms with van der Waals surface area (Å²) in [6.45, 7) is 7.87. The average molecular weight is 496 g/mol. The molecule has 0 bridgehead atoms. The molecule has 0 amide bonds. The van der Waals surface area contributed by atoms with E-state index >= 15 is 0 Å². The predicted octanol–water partition coefficient (Wildman–Crippen LogP) is 5.46. The molecule has 0 heterocycles. The summed E-state index contributed by atoms with van der Waals surface area (Å²) in [6.07, 6.45) is -0.701. The molecule has 2 N–H and O–H groups in total. The summed E-state index contributed by atoms with van der Waals surface area (Å²) in [5, 5.41) is 17.4. The molecule has 186 valence electrons. The van der Waals surface area contributed by atoms with Gasteiger partial charge in [-0.25, -0.2) is 0 Å². The van der Waals surface area contributed by atoms with E-state index in [-0.39, 0.29) is 11.1 Å². The van der Waals surface area contributed by atoms with Crippen LogP contribution in [-0.4, -0.2) is 26.1 Å². The molecule has 2 atom stereocenters. The predicted molar refractivity (Wildman–Crippen MR) is 152 cm³/mol. The lowest BCUT2D eigenvalue weighted by Gasteiger charge is -2.44. The largest absolute Gasteiger partial charge is 0.406 e. The first kappa shape index (κ1) is 26.1. The van der Waals surface area contributed by atoms with Crippen molar-refractivity contribution in [3.63, 3.8) is 0 Å². The van der Waals surface area contributed by atoms with Crippen molar-refractivity contribution in [1.82, 2.24) is 5.32 Å². The van der Waals surface area contributed by atoms with Gasteiger partial charge in [0, 0.05) is 6.54 Å². The van der Waals surface area contributed by atoms with E-state index in [1.165, 1.54) is 15.9 Å². The van der Waals surface area contributed by atoms with Crippen LogP contribution in [0, 0.1) is 0 Å². The summed E-state index contributed by atoms with van der Waals surface area (Å²) in [7, 11) is -2.72. The Morgan fingerprint density at radius 2 is 1.14 bits per heavy atom. The van der Waals surface area contributed by atoms with Crippen LogP contribution in [0.2, 0.25) is 5.04 Å². The van der Waals surface area contributed by atoms with Gasteiger partial charge in [0.2, 0.25) is 0 Å². The third-order valence-electron chi connectivity index (χ3n) is 6.83. The molecule has 0 saturated carbocycles. The number of hydrogen-bond acceptors (Lipinski definition) is 3. The Hall–Kier alpha value is -3.02. The van der Waals surface area contributed by atoms with Gasteiger partial charge < -0.3 is 14.8 Å². The highest BCUT2D eigenvalue weighted by Crippen LogP contribution is 2.37. The Balaban J connectivity index is 1.70. The summed E-state index contributed by atoms with van der Waals surface area (Å²) in [5.74, 6) is 0. The summed E-state index contributed by atoms with van der Waals surface area (Å²) in [5.41, 5.74) is 2.06. The van der Waals surface area contributed by atoms with Crippen LogP contribution < -0.4 is 15.7 Å². The first-order valence-corrected chi connectivity index (χ1v) is 14.6. The van der Waals surface area contributed by atoms with E-state index in [0.29, 0.717) is 13.2 Å². The lowest BCUT2D eigenvalue weighted by molar-refractivity contribution is 0.0932. The van der Waals surface area contributed by atoms with Gasteiger partial charge in [-0.05, 0) is 26.5 Å². The first-order chi connectivity index (χ1) is 17.4. The highest BCUT2D eigenvalue weighted by molar-refractivity contribution is 6.99. The van der Waals surface area contributed by atoms with Gasteiger partial charge in [-0.2, -0.15) is 0 Å². The van der Waals surface area contributed by atoms with Gasteiger partial charge in [0.25, 0.3) is 8.32 Å². The number of aliphatic hydroxyl groups is 1. The molecule has 36 heavy (non-hydrogen) atoms. The SMILES string of the molecule is CC(C)(C)[Si](OC[C@@H](NCc1ccccc1)[C@H](O)c1ccccc1)(c1ccccc1)c1ccccc1. The fourth-order valence-corrected chi connectivity index (χ4v) is 9.55. The molecule has 0 unspecified atom stereocenters. The molecule has 0 fully saturated rings. The Morgan fingerprint density at radius 1 is 0.694 bits per heavy atom. The summed E-state index contributed by atoms with van der Waals surface area (Å²) in [6, 6.07) is 41.2. The lowest BCUT2D eigenvalue weighted by Crippen LogP contribution is -2.67. The van der Waals surface area contributed by atoms with E-state index in [0.717, 1.165) is 5.56 Å². The molecular formula is C32H37NO2Si. The van der Waals surface area contributed by atoms with Crippen molar-refractivity contribution in [2.24, 2.45) is 0 Å². The van der Waals surface area contributed by atoms with Gasteiger partial charge in [-0.3, -0.25) is 0 Å². The van der Waals surface area contributed by atoms with Gasteiger partial charge in [-0.15, -0.1) is 0 Å². The Kier molecular flexibility index (Phi) is 8.54. The quantitative estimate of drug-likeness (QED) is 0.287. The number of rotatable bonds is 10. The maximum Gasteiger partial charge on any atom is 0.261 e. The topological polar surface area (TPSA) is 41.5 Å². The van der Waals surface area contributed by atoms with Crippen molar-refractivity contribution in [3.8, 4) is 0 Å². The average Bonchev–Trinajstić information content (AvgIpc) is 2.92. The van der Waals surface area contributed by atoms with E-state index < -0.39 is 14.4 Å². The lowest BCUT2D eigenvalue weighted by atomic mass is 10.0. The minimum Gasteiger partial charge on any atom is -0.406 e. The zero-order chi connectivity index (χ0) is 25.4. The molecule has 0 radical (unpaired) electrons. The molecular weight excluding hydrogens is 458 g/mol. The van der Waals surface area contributed by atoms with Crippen LogP contribution in [0.1, 0.15) is 38.0 Å². The van der Waals surface area contributed by atoms with E-state index in [2.05, 4.69) is 98.9 Å². The highest BCUT2D eigenvalue weighted by Gasteiger charge is 2.50. The number of hydrogen-bond donors (Lipinski definition) is 2. The van der Waals surface area contributed by atoms with Crippen LogP contribution in [0.3, 0.4) is 0 Å². The van der Waals surface area contributed by atoms with E-state index in [1.807, 2.05) is 48.5 Å². The zero-order valence-electron chi connectivity index (χ0n) is 21.5. The van der Waals surface area contributed by atoms with Crippen molar-refractivity contribution in [3.05, 3.63) is 132 Å². The van der Waals surface area contributed by atoms with Crippen molar-refractivity contribution in [2.45, 2.75) is 44.5 Å². The summed E-state index contributed by atoms with van der Waals surface area (Å²) >= 11 is 0. The summed E-state index contributed by atoms with van der Waals surface area (Å²) < 4.78 is 7.18. The van der Waals surface area contributed by atoms with Crippen molar-refractivity contribution in [2.75, 3.05) is 6.61 Å². The van der Waals surface area contributed by atoms with E-state index in [9.17, 15) is 5.11 Å². The molecule has 0 spiro atoms. The van der Waals surface area contributed by atoms with Crippen LogP contribution in [0.4, 0.5) is 0 Å². The molecule has 0 saturated heterocycles. The molecule has 0 aliphatic rings. The van der Waals surface area contributed by atoms with Gasteiger partial charge in [0.1, 0.15) is 0 Å². The monoisotopic (exact) mass is 495 g/mol. The Bertz CT molecular complexity index is 1140. The van der Waals surface area contributed by atoms with Crippen LogP contribution in [0.5, 0.6) is 0 Å². The maximum absolute atomic E-state index is 11.5. The van der Waals surface area contributed by atoms with Crippen LogP contribution in [0.15, 0.2) is 121 Å². The Labute approximate surface area is 216 Å². The molecule has 4 heteroatoms. The van der Waals surface area contributed by atoms with E-state index in [1.54, 1.807) is 0 Å². The highest BCUT2D eigenvalue weighted by atomic mass is 28.4. The van der Waals surface area contributed by atoms with Crippen molar-refractivity contribution >= 4 is 18.7 Å². The first-order valence-electron chi connectivity index (χ1n) is 12.7. The molecule has 0 aliphatic heterocycles. The zero-order valence-corrected chi connectivity index (χ0v) is 22.5. The Morgan fingerprint density at radius 3 is 1.61 bits per heavy atom. The van der Waals surface area contributed by atoms with E-state index in [4.69, 9.17) is 4.43 Å². The molecule has 4 aromatic carbocycles. The third-order valence-corrected chi connectivity index (χ3v) is 11.8. The van der Waals surface area contributed by atoms with Gasteiger partial charge >= 0.3 is 0 Å². The van der Waals surface area contributed by atoms with Crippen molar-refractivity contribution < 1.29 is 9.53 Å². The fourth-order valence-electron chi connectivity index (χ4n) is 4.97. The van der Waals surface area contributed by atoms with Gasteiger partial charge in [0.05, 0.1) is 18.8 Å². The molecule has 0 aromatic heterocycles. The van der Waals surface area contributed by atoms with Gasteiger partial charge in [0.15, 0.2) is 0 Å². The normalized spacial score (nSPS) is 13.8. The number of benzene rings is 4. The smallest absolute Gasteiger partial charge is 0.261 e. The molecule has 4 aromatic rings.